The summed E-state index contributed by atoms with van der Waals surface area (Å²) in [6.07, 6.45) is 2.42. The highest BCUT2D eigenvalue weighted by Crippen LogP contribution is 2.44. The molecule has 0 aromatic heterocycles. The normalized spacial score (nSPS) is 12.4. The zero-order chi connectivity index (χ0) is 25.3. The Kier molecular flexibility index (Phi) is 8.86. The van der Waals surface area contributed by atoms with Crippen LogP contribution in [-0.4, -0.2) is 35.5 Å². The Morgan fingerprint density at radius 3 is 2.51 bits per heavy atom. The maximum Gasteiger partial charge on any atom is 0.412 e. The quantitative estimate of drug-likeness (QED) is 0.295. The van der Waals surface area contributed by atoms with Crippen molar-refractivity contribution >= 4 is 28.5 Å². The molecule has 35 heavy (non-hydrogen) atoms. The number of allylic oxidation sites excluding steroid dienone is 1. The molecule has 1 atom stereocenters. The zero-order valence-corrected chi connectivity index (χ0v) is 19.9. The highest BCUT2D eigenvalue weighted by atomic mass is 16.6. The number of amides is 1. The van der Waals surface area contributed by atoms with Crippen LogP contribution < -0.4 is 10.1 Å². The first-order chi connectivity index (χ1) is 16.8. The molecule has 3 N–H and O–H groups in total. The molecule has 0 radical (unpaired) electrons. The molecule has 0 aliphatic carbocycles. The average Bonchev–Trinajstić information content (AvgIpc) is 2.84. The molecule has 7 heteroatoms. The molecule has 0 aliphatic rings. The van der Waals surface area contributed by atoms with E-state index in [1.807, 2.05) is 74.5 Å². The SMILES string of the molecule is CC(C)(CC/C=C/C(=O)O)[C@@H](OC(=O)Nc1cccc2ccccc12)c1ccccc1OCCO. The van der Waals surface area contributed by atoms with E-state index in [0.717, 1.165) is 16.8 Å². The van der Waals surface area contributed by atoms with Crippen molar-refractivity contribution in [3.8, 4) is 5.75 Å². The molecule has 0 unspecified atom stereocenters. The van der Waals surface area contributed by atoms with Gasteiger partial charge in [-0.25, -0.2) is 9.59 Å². The van der Waals surface area contributed by atoms with Gasteiger partial charge in [0.25, 0.3) is 0 Å². The van der Waals surface area contributed by atoms with Crippen LogP contribution >= 0.6 is 0 Å². The molecule has 0 spiro atoms. The Morgan fingerprint density at radius 2 is 1.74 bits per heavy atom. The lowest BCUT2D eigenvalue weighted by Gasteiger charge is -2.35. The van der Waals surface area contributed by atoms with E-state index < -0.39 is 23.6 Å². The summed E-state index contributed by atoms with van der Waals surface area (Å²) >= 11 is 0. The number of ether oxygens (including phenoxy) is 2. The number of aliphatic hydroxyl groups excluding tert-OH is 1. The predicted octanol–water partition coefficient (Wildman–Crippen LogP) is 5.95. The fourth-order valence-electron chi connectivity index (χ4n) is 3.98. The van der Waals surface area contributed by atoms with Crippen LogP contribution in [-0.2, 0) is 9.53 Å². The largest absolute Gasteiger partial charge is 0.491 e. The first-order valence-corrected chi connectivity index (χ1v) is 11.5. The molecule has 7 nitrogen and oxygen atoms in total. The third-order valence-electron chi connectivity index (χ3n) is 5.73. The lowest BCUT2D eigenvalue weighted by molar-refractivity contribution is -0.131. The maximum absolute atomic E-state index is 13.1. The number of hydrogen-bond donors (Lipinski definition) is 3. The Bertz CT molecular complexity index is 1180. The third-order valence-corrected chi connectivity index (χ3v) is 5.73. The van der Waals surface area contributed by atoms with Crippen LogP contribution in [0.4, 0.5) is 10.5 Å². The van der Waals surface area contributed by atoms with Crippen molar-refractivity contribution in [3.05, 3.63) is 84.4 Å². The van der Waals surface area contributed by atoms with E-state index in [1.54, 1.807) is 12.1 Å². The number of benzene rings is 3. The van der Waals surface area contributed by atoms with Crippen molar-refractivity contribution in [1.29, 1.82) is 0 Å². The lowest BCUT2D eigenvalue weighted by Crippen LogP contribution is -2.29. The van der Waals surface area contributed by atoms with Crippen molar-refractivity contribution in [1.82, 2.24) is 0 Å². The molecule has 184 valence electrons. The Hall–Kier alpha value is -3.84. The minimum absolute atomic E-state index is 0.105. The second-order valence-electron chi connectivity index (χ2n) is 8.81. The summed E-state index contributed by atoms with van der Waals surface area (Å²) in [5.41, 5.74) is 0.734. The van der Waals surface area contributed by atoms with Gasteiger partial charge in [-0.15, -0.1) is 0 Å². The number of para-hydroxylation sites is 1. The number of carboxylic acids is 1. The van der Waals surface area contributed by atoms with E-state index >= 15 is 0 Å². The second kappa shape index (κ2) is 12.0. The molecule has 0 aliphatic heterocycles. The predicted molar refractivity (Wildman–Crippen MR) is 136 cm³/mol. The summed E-state index contributed by atoms with van der Waals surface area (Å²) in [7, 11) is 0. The zero-order valence-electron chi connectivity index (χ0n) is 19.9. The summed E-state index contributed by atoms with van der Waals surface area (Å²) in [6.45, 7) is 3.87. The van der Waals surface area contributed by atoms with Crippen LogP contribution in [0.2, 0.25) is 0 Å². The Morgan fingerprint density at radius 1 is 1.03 bits per heavy atom. The van der Waals surface area contributed by atoms with E-state index in [4.69, 9.17) is 14.6 Å². The van der Waals surface area contributed by atoms with Gasteiger partial charge in [0.1, 0.15) is 18.5 Å². The monoisotopic (exact) mass is 477 g/mol. The number of fused-ring (bicyclic) bond motifs is 1. The van der Waals surface area contributed by atoms with Crippen molar-refractivity contribution in [2.24, 2.45) is 5.41 Å². The summed E-state index contributed by atoms with van der Waals surface area (Å²) in [5, 5.41) is 22.9. The number of hydrogen-bond acceptors (Lipinski definition) is 5. The maximum atomic E-state index is 13.1. The van der Waals surface area contributed by atoms with Gasteiger partial charge in [0, 0.05) is 22.4 Å². The molecule has 0 saturated heterocycles. The van der Waals surface area contributed by atoms with Gasteiger partial charge in [0.15, 0.2) is 0 Å². The molecule has 0 fully saturated rings. The molecule has 3 aromatic carbocycles. The van der Waals surface area contributed by atoms with Gasteiger partial charge < -0.3 is 19.7 Å². The average molecular weight is 478 g/mol. The highest BCUT2D eigenvalue weighted by Gasteiger charge is 2.36. The van der Waals surface area contributed by atoms with Crippen LogP contribution in [0.1, 0.15) is 38.4 Å². The minimum atomic E-state index is -1.01. The van der Waals surface area contributed by atoms with Gasteiger partial charge in [-0.2, -0.15) is 0 Å². The van der Waals surface area contributed by atoms with E-state index in [9.17, 15) is 14.7 Å². The van der Waals surface area contributed by atoms with Crippen LogP contribution in [0.15, 0.2) is 78.9 Å². The second-order valence-corrected chi connectivity index (χ2v) is 8.81. The lowest BCUT2D eigenvalue weighted by atomic mass is 9.78. The summed E-state index contributed by atoms with van der Waals surface area (Å²) in [6, 6.07) is 20.6. The summed E-state index contributed by atoms with van der Waals surface area (Å²) in [4.78, 5) is 24.0. The fourth-order valence-corrected chi connectivity index (χ4v) is 3.98. The van der Waals surface area contributed by atoms with Crippen LogP contribution in [0, 0.1) is 5.41 Å². The minimum Gasteiger partial charge on any atom is -0.491 e. The Labute approximate surface area is 205 Å². The highest BCUT2D eigenvalue weighted by molar-refractivity contribution is 6.00. The Balaban J connectivity index is 1.89. The molecule has 3 aromatic rings. The fraction of sp³-hybridized carbons (Fsp3) is 0.286. The molecular weight excluding hydrogens is 446 g/mol. The van der Waals surface area contributed by atoms with Crippen LogP contribution in [0.5, 0.6) is 5.75 Å². The van der Waals surface area contributed by atoms with Gasteiger partial charge in [-0.1, -0.05) is 74.5 Å². The van der Waals surface area contributed by atoms with Gasteiger partial charge in [-0.05, 0) is 30.4 Å². The van der Waals surface area contributed by atoms with Crippen molar-refractivity contribution in [3.63, 3.8) is 0 Å². The number of nitrogens with one attached hydrogen (secondary N) is 1. The number of aliphatic carboxylic acids is 1. The van der Waals surface area contributed by atoms with Crippen molar-refractivity contribution in [2.45, 2.75) is 32.8 Å². The molecule has 0 bridgehead atoms. The van der Waals surface area contributed by atoms with Gasteiger partial charge in [-0.3, -0.25) is 5.32 Å². The van der Waals surface area contributed by atoms with Gasteiger partial charge >= 0.3 is 12.1 Å². The van der Waals surface area contributed by atoms with Gasteiger partial charge in [0.05, 0.1) is 12.3 Å². The number of carbonyl (C=O) groups excluding carboxylic acids is 1. The summed E-state index contributed by atoms with van der Waals surface area (Å²) < 4.78 is 11.7. The molecule has 0 heterocycles. The number of anilines is 1. The van der Waals surface area contributed by atoms with E-state index in [1.165, 1.54) is 0 Å². The summed E-state index contributed by atoms with van der Waals surface area (Å²) in [5.74, 6) is -0.494. The number of carbonyl (C=O) groups is 2. The molecular formula is C28H31NO6. The van der Waals surface area contributed by atoms with E-state index in [0.29, 0.717) is 29.8 Å². The van der Waals surface area contributed by atoms with E-state index in [2.05, 4.69) is 5.32 Å². The number of aliphatic hydroxyl groups is 1. The van der Waals surface area contributed by atoms with Crippen LogP contribution in [0.3, 0.4) is 0 Å². The standard InChI is InChI=1S/C28H31NO6/c1-28(2,17-8-7-16-25(31)32)26(22-13-5-6-15-24(22)34-19-18-30)35-27(33)29-23-14-9-11-20-10-3-4-12-21(20)23/h3-7,9-16,26,30H,8,17-19H2,1-2H3,(H,29,33)(H,31,32)/b16-7+/t26-/m0/s1. The van der Waals surface area contributed by atoms with Crippen molar-refractivity contribution in [2.75, 3.05) is 18.5 Å². The van der Waals surface area contributed by atoms with Crippen LogP contribution in [0.25, 0.3) is 10.8 Å². The third kappa shape index (κ3) is 7.07. The topological polar surface area (TPSA) is 105 Å². The smallest absolute Gasteiger partial charge is 0.412 e. The molecule has 1 amide bonds. The van der Waals surface area contributed by atoms with Gasteiger partial charge in [0.2, 0.25) is 0 Å². The van der Waals surface area contributed by atoms with Crippen molar-refractivity contribution < 1.29 is 29.3 Å². The first-order valence-electron chi connectivity index (χ1n) is 11.5. The number of rotatable bonds is 11. The first kappa shape index (κ1) is 25.8. The number of carboxylic acid groups (broad SMARTS) is 1. The van der Waals surface area contributed by atoms with E-state index in [-0.39, 0.29) is 13.2 Å². The molecule has 0 saturated carbocycles. The molecule has 3 rings (SSSR count).